The molecule has 1 aromatic rings. The summed E-state index contributed by atoms with van der Waals surface area (Å²) in [6, 6.07) is 0. The van der Waals surface area contributed by atoms with Crippen LogP contribution >= 0.6 is 0 Å². The summed E-state index contributed by atoms with van der Waals surface area (Å²) in [5.41, 5.74) is 0. The van der Waals surface area contributed by atoms with E-state index in [9.17, 15) is 4.79 Å². The predicted octanol–water partition coefficient (Wildman–Crippen LogP) is 0.277. The molecular formula is C9H15N3O2. The molecule has 0 unspecified atom stereocenters. The third-order valence-corrected chi connectivity index (χ3v) is 1.76. The van der Waals surface area contributed by atoms with Gasteiger partial charge >= 0.3 is 0 Å². The van der Waals surface area contributed by atoms with Crippen molar-refractivity contribution in [2.24, 2.45) is 7.05 Å². The molecule has 5 nitrogen and oxygen atoms in total. The van der Waals surface area contributed by atoms with Crippen LogP contribution in [0.3, 0.4) is 0 Å². The summed E-state index contributed by atoms with van der Waals surface area (Å²) in [7, 11) is 5.27. The van der Waals surface area contributed by atoms with Crippen molar-refractivity contribution in [3.8, 4) is 5.75 Å². The minimum atomic E-state index is 0.0638. The van der Waals surface area contributed by atoms with Gasteiger partial charge in [0.15, 0.2) is 5.75 Å². The normalized spacial score (nSPS) is 9.93. The number of carbonyl (C=O) groups excluding carboxylic acids is 1. The van der Waals surface area contributed by atoms with Gasteiger partial charge in [-0.05, 0) is 0 Å². The lowest BCUT2D eigenvalue weighted by Gasteiger charge is -2.09. The van der Waals surface area contributed by atoms with Crippen LogP contribution in [-0.4, -0.2) is 41.3 Å². The highest BCUT2D eigenvalue weighted by molar-refractivity contribution is 5.75. The van der Waals surface area contributed by atoms with E-state index in [1.165, 1.54) is 0 Å². The molecule has 0 radical (unpaired) electrons. The molecule has 5 heteroatoms. The van der Waals surface area contributed by atoms with Crippen molar-refractivity contribution in [3.05, 3.63) is 12.4 Å². The SMILES string of the molecule is CN(C)C(=O)CCOc1cnn(C)c1. The molecule has 1 rings (SSSR count). The molecule has 1 amide bonds. The number of carbonyl (C=O) groups is 1. The molecule has 0 bridgehead atoms. The van der Waals surface area contributed by atoms with Crippen LogP contribution in [0.25, 0.3) is 0 Å². The Kier molecular flexibility index (Phi) is 3.50. The summed E-state index contributed by atoms with van der Waals surface area (Å²) in [5.74, 6) is 0.757. The van der Waals surface area contributed by atoms with Gasteiger partial charge in [0.25, 0.3) is 0 Å². The molecule has 1 heterocycles. The molecular weight excluding hydrogens is 182 g/mol. The van der Waals surface area contributed by atoms with E-state index in [0.717, 1.165) is 0 Å². The van der Waals surface area contributed by atoms with Gasteiger partial charge in [0.1, 0.15) is 0 Å². The number of amides is 1. The topological polar surface area (TPSA) is 47.4 Å². The molecule has 0 fully saturated rings. The van der Waals surface area contributed by atoms with Gasteiger partial charge < -0.3 is 9.64 Å². The minimum Gasteiger partial charge on any atom is -0.490 e. The van der Waals surface area contributed by atoms with Crippen LogP contribution in [-0.2, 0) is 11.8 Å². The van der Waals surface area contributed by atoms with Crippen molar-refractivity contribution < 1.29 is 9.53 Å². The van der Waals surface area contributed by atoms with E-state index in [1.54, 1.807) is 36.1 Å². The minimum absolute atomic E-state index is 0.0638. The third kappa shape index (κ3) is 3.08. The summed E-state index contributed by atoms with van der Waals surface area (Å²) in [6.45, 7) is 0.392. The second-order valence-electron chi connectivity index (χ2n) is 3.24. The molecule has 0 saturated carbocycles. The summed E-state index contributed by atoms with van der Waals surface area (Å²) >= 11 is 0. The van der Waals surface area contributed by atoms with Crippen molar-refractivity contribution in [3.63, 3.8) is 0 Å². The number of hydrogen-bond donors (Lipinski definition) is 0. The first-order valence-electron chi connectivity index (χ1n) is 4.41. The Labute approximate surface area is 83.3 Å². The largest absolute Gasteiger partial charge is 0.490 e. The van der Waals surface area contributed by atoms with Crippen molar-refractivity contribution >= 4 is 5.91 Å². The Morgan fingerprint density at radius 3 is 2.86 bits per heavy atom. The standard InChI is InChI=1S/C9H15N3O2/c1-11(2)9(13)4-5-14-8-6-10-12(3)7-8/h6-7H,4-5H2,1-3H3. The van der Waals surface area contributed by atoms with Crippen LogP contribution < -0.4 is 4.74 Å². The van der Waals surface area contributed by atoms with E-state index >= 15 is 0 Å². The number of hydrogen-bond acceptors (Lipinski definition) is 3. The molecule has 0 aliphatic rings. The molecule has 1 aromatic heterocycles. The number of aromatic nitrogens is 2. The predicted molar refractivity (Wildman–Crippen MR) is 52.0 cm³/mol. The zero-order chi connectivity index (χ0) is 10.6. The zero-order valence-electron chi connectivity index (χ0n) is 8.73. The van der Waals surface area contributed by atoms with Crippen molar-refractivity contribution in [2.45, 2.75) is 6.42 Å². The fourth-order valence-electron chi connectivity index (χ4n) is 0.953. The Hall–Kier alpha value is -1.52. The van der Waals surface area contributed by atoms with Crippen LogP contribution in [0, 0.1) is 0 Å². The van der Waals surface area contributed by atoms with Gasteiger partial charge in [-0.1, -0.05) is 0 Å². The fourth-order valence-corrected chi connectivity index (χ4v) is 0.953. The van der Waals surface area contributed by atoms with E-state index in [-0.39, 0.29) is 5.91 Å². The van der Waals surface area contributed by atoms with Crippen LogP contribution in [0.4, 0.5) is 0 Å². The van der Waals surface area contributed by atoms with E-state index < -0.39 is 0 Å². The molecule has 0 saturated heterocycles. The van der Waals surface area contributed by atoms with E-state index in [2.05, 4.69) is 5.10 Å². The van der Waals surface area contributed by atoms with Gasteiger partial charge in [0, 0.05) is 21.1 Å². The van der Waals surface area contributed by atoms with Gasteiger partial charge in [-0.25, -0.2) is 0 Å². The average Bonchev–Trinajstić information content (AvgIpc) is 2.51. The maximum Gasteiger partial charge on any atom is 0.225 e. The van der Waals surface area contributed by atoms with Crippen LogP contribution in [0.15, 0.2) is 12.4 Å². The molecule has 0 atom stereocenters. The number of ether oxygens (including phenoxy) is 1. The van der Waals surface area contributed by atoms with Gasteiger partial charge in [-0.2, -0.15) is 5.10 Å². The first-order chi connectivity index (χ1) is 6.59. The first kappa shape index (κ1) is 10.6. The summed E-state index contributed by atoms with van der Waals surface area (Å²) < 4.78 is 6.97. The first-order valence-corrected chi connectivity index (χ1v) is 4.41. The maximum absolute atomic E-state index is 11.2. The van der Waals surface area contributed by atoms with Crippen LogP contribution in [0.5, 0.6) is 5.75 Å². The summed E-state index contributed by atoms with van der Waals surface area (Å²) in [6.07, 6.45) is 3.78. The van der Waals surface area contributed by atoms with Gasteiger partial charge in [-0.3, -0.25) is 9.48 Å². The highest BCUT2D eigenvalue weighted by Crippen LogP contribution is 2.07. The van der Waals surface area contributed by atoms with Crippen molar-refractivity contribution in [1.29, 1.82) is 0 Å². The Morgan fingerprint density at radius 2 is 2.36 bits per heavy atom. The quantitative estimate of drug-likeness (QED) is 0.696. The Morgan fingerprint density at radius 1 is 1.64 bits per heavy atom. The molecule has 0 spiro atoms. The van der Waals surface area contributed by atoms with E-state index in [0.29, 0.717) is 18.8 Å². The van der Waals surface area contributed by atoms with Gasteiger partial charge in [-0.15, -0.1) is 0 Å². The summed E-state index contributed by atoms with van der Waals surface area (Å²) in [5, 5.41) is 3.95. The second-order valence-corrected chi connectivity index (χ2v) is 3.24. The highest BCUT2D eigenvalue weighted by atomic mass is 16.5. The smallest absolute Gasteiger partial charge is 0.225 e. The monoisotopic (exact) mass is 197 g/mol. The average molecular weight is 197 g/mol. The third-order valence-electron chi connectivity index (χ3n) is 1.76. The molecule has 0 aliphatic heterocycles. The number of rotatable bonds is 4. The fraction of sp³-hybridized carbons (Fsp3) is 0.556. The van der Waals surface area contributed by atoms with E-state index in [4.69, 9.17) is 4.74 Å². The molecule has 0 aromatic carbocycles. The molecule has 0 aliphatic carbocycles. The lowest BCUT2D eigenvalue weighted by Crippen LogP contribution is -2.23. The lowest BCUT2D eigenvalue weighted by atomic mass is 10.4. The zero-order valence-corrected chi connectivity index (χ0v) is 8.73. The molecule has 78 valence electrons. The molecule has 0 N–H and O–H groups in total. The van der Waals surface area contributed by atoms with Crippen LogP contribution in [0.1, 0.15) is 6.42 Å². The Bertz CT molecular complexity index is 307. The lowest BCUT2D eigenvalue weighted by molar-refractivity contribution is -0.129. The van der Waals surface area contributed by atoms with E-state index in [1.807, 2.05) is 7.05 Å². The van der Waals surface area contributed by atoms with Crippen LogP contribution in [0.2, 0.25) is 0 Å². The number of aryl methyl sites for hydroxylation is 1. The maximum atomic E-state index is 11.2. The van der Waals surface area contributed by atoms with Gasteiger partial charge in [0.2, 0.25) is 5.91 Å². The second kappa shape index (κ2) is 4.64. The Balaban J connectivity index is 2.25. The van der Waals surface area contributed by atoms with Gasteiger partial charge in [0.05, 0.1) is 25.4 Å². The number of nitrogens with zero attached hydrogens (tertiary/aromatic N) is 3. The van der Waals surface area contributed by atoms with Crippen molar-refractivity contribution in [2.75, 3.05) is 20.7 Å². The summed E-state index contributed by atoms with van der Waals surface area (Å²) in [4.78, 5) is 12.7. The molecule has 14 heavy (non-hydrogen) atoms. The highest BCUT2D eigenvalue weighted by Gasteiger charge is 2.04. The van der Waals surface area contributed by atoms with Crippen molar-refractivity contribution in [1.82, 2.24) is 14.7 Å².